The summed E-state index contributed by atoms with van der Waals surface area (Å²) in [5.74, 6) is 1.47. The van der Waals surface area contributed by atoms with Crippen molar-refractivity contribution >= 4 is 15.7 Å². The van der Waals surface area contributed by atoms with E-state index >= 15 is 0 Å². The van der Waals surface area contributed by atoms with Gasteiger partial charge in [-0.3, -0.25) is 4.72 Å². The minimum Gasteiger partial charge on any atom is -0.496 e. The summed E-state index contributed by atoms with van der Waals surface area (Å²) in [6.45, 7) is 8.17. The molecule has 0 fully saturated rings. The number of ether oxygens (including phenoxy) is 2. The van der Waals surface area contributed by atoms with Crippen molar-refractivity contribution in [3.05, 3.63) is 47.5 Å². The van der Waals surface area contributed by atoms with Crippen molar-refractivity contribution in [3.63, 3.8) is 0 Å². The molecule has 2 rings (SSSR count). The predicted octanol–water partition coefficient (Wildman–Crippen LogP) is 4.33. The molecule has 0 aliphatic carbocycles. The summed E-state index contributed by atoms with van der Waals surface area (Å²) in [6, 6.07) is 10.4. The highest BCUT2D eigenvalue weighted by molar-refractivity contribution is 7.92. The van der Waals surface area contributed by atoms with Crippen molar-refractivity contribution in [2.45, 2.75) is 38.5 Å². The molecule has 25 heavy (non-hydrogen) atoms. The molecule has 5 nitrogen and oxygen atoms in total. The second kappa shape index (κ2) is 7.78. The normalized spacial score (nSPS) is 11.4. The molecule has 0 aliphatic rings. The van der Waals surface area contributed by atoms with Crippen molar-refractivity contribution in [2.75, 3.05) is 18.4 Å². The van der Waals surface area contributed by atoms with E-state index in [4.69, 9.17) is 9.47 Å². The van der Waals surface area contributed by atoms with Gasteiger partial charge < -0.3 is 9.47 Å². The molecule has 1 N–H and O–H groups in total. The van der Waals surface area contributed by atoms with Crippen LogP contribution in [0.3, 0.4) is 0 Å². The van der Waals surface area contributed by atoms with E-state index < -0.39 is 10.0 Å². The van der Waals surface area contributed by atoms with Gasteiger partial charge in [0.2, 0.25) is 0 Å². The molecule has 6 heteroatoms. The lowest BCUT2D eigenvalue weighted by Crippen LogP contribution is -2.15. The summed E-state index contributed by atoms with van der Waals surface area (Å²) in [4.78, 5) is 0.249. The molecule has 0 bridgehead atoms. The highest BCUT2D eigenvalue weighted by Crippen LogP contribution is 2.32. The lowest BCUT2D eigenvalue weighted by Gasteiger charge is -2.17. The van der Waals surface area contributed by atoms with Crippen LogP contribution in [-0.2, 0) is 10.0 Å². The van der Waals surface area contributed by atoms with Crippen LogP contribution in [0.4, 0.5) is 5.69 Å². The second-order valence-electron chi connectivity index (χ2n) is 6.08. The lowest BCUT2D eigenvalue weighted by atomic mass is 10.0. The quantitative estimate of drug-likeness (QED) is 0.795. The van der Waals surface area contributed by atoms with E-state index in [1.54, 1.807) is 50.4 Å². The number of nitrogens with one attached hydrogen (secondary N) is 1. The zero-order valence-corrected chi connectivity index (χ0v) is 16.1. The Morgan fingerprint density at radius 3 is 2.48 bits per heavy atom. The maximum absolute atomic E-state index is 12.9. The van der Waals surface area contributed by atoms with Gasteiger partial charge in [-0.2, -0.15) is 0 Å². The van der Waals surface area contributed by atoms with E-state index in [0.29, 0.717) is 29.4 Å². The van der Waals surface area contributed by atoms with Crippen LogP contribution in [-0.4, -0.2) is 22.1 Å². The monoisotopic (exact) mass is 363 g/mol. The second-order valence-corrected chi connectivity index (χ2v) is 7.73. The number of methoxy groups -OCH3 is 1. The van der Waals surface area contributed by atoms with Crippen LogP contribution in [0.5, 0.6) is 11.5 Å². The average molecular weight is 363 g/mol. The highest BCUT2D eigenvalue weighted by Gasteiger charge is 2.21. The van der Waals surface area contributed by atoms with E-state index in [9.17, 15) is 8.42 Å². The Bertz CT molecular complexity index is 844. The van der Waals surface area contributed by atoms with Gasteiger partial charge in [-0.1, -0.05) is 19.9 Å². The van der Waals surface area contributed by atoms with Crippen molar-refractivity contribution in [1.82, 2.24) is 0 Å². The Labute approximate surface area is 150 Å². The third kappa shape index (κ3) is 4.45. The molecule has 136 valence electrons. The fourth-order valence-corrected chi connectivity index (χ4v) is 3.93. The van der Waals surface area contributed by atoms with Crippen LogP contribution < -0.4 is 14.2 Å². The fourth-order valence-electron chi connectivity index (χ4n) is 2.62. The first-order valence-corrected chi connectivity index (χ1v) is 9.71. The van der Waals surface area contributed by atoms with Crippen LogP contribution in [0.15, 0.2) is 41.3 Å². The number of hydrogen-bond acceptors (Lipinski definition) is 4. The largest absolute Gasteiger partial charge is 0.496 e. The minimum atomic E-state index is -3.72. The number of rotatable bonds is 7. The van der Waals surface area contributed by atoms with Crippen LogP contribution in [0.25, 0.3) is 0 Å². The van der Waals surface area contributed by atoms with E-state index in [2.05, 4.69) is 4.72 Å². The molecule has 0 radical (unpaired) electrons. The maximum Gasteiger partial charge on any atom is 0.262 e. The van der Waals surface area contributed by atoms with Gasteiger partial charge in [-0.25, -0.2) is 8.42 Å². The number of anilines is 1. The minimum absolute atomic E-state index is 0.144. The standard InChI is InChI=1S/C19H25NO4S/c1-6-24-16-9-7-8-15(11-16)20-25(21,22)19-12-17(13(2)3)18(23-5)10-14(19)4/h7-13,20H,6H2,1-5H3. The molecular formula is C19H25NO4S. The molecule has 0 unspecified atom stereocenters. The average Bonchev–Trinajstić information content (AvgIpc) is 2.54. The van der Waals surface area contributed by atoms with Gasteiger partial charge in [0.1, 0.15) is 11.5 Å². The van der Waals surface area contributed by atoms with Gasteiger partial charge in [0.15, 0.2) is 0 Å². The summed E-state index contributed by atoms with van der Waals surface area (Å²) in [7, 11) is -2.13. The maximum atomic E-state index is 12.9. The third-order valence-electron chi connectivity index (χ3n) is 3.84. The van der Waals surface area contributed by atoms with Crippen molar-refractivity contribution in [2.24, 2.45) is 0 Å². The predicted molar refractivity (Wildman–Crippen MR) is 100 cm³/mol. The Morgan fingerprint density at radius 1 is 1.16 bits per heavy atom. The van der Waals surface area contributed by atoms with E-state index in [-0.39, 0.29) is 10.8 Å². The molecule has 0 saturated heterocycles. The summed E-state index contributed by atoms with van der Waals surface area (Å²) in [6.07, 6.45) is 0. The number of benzene rings is 2. The number of hydrogen-bond donors (Lipinski definition) is 1. The van der Waals surface area contributed by atoms with Crippen molar-refractivity contribution in [3.8, 4) is 11.5 Å². The molecule has 2 aromatic rings. The SMILES string of the molecule is CCOc1cccc(NS(=O)(=O)c2cc(C(C)C)c(OC)cc2C)c1. The zero-order valence-electron chi connectivity index (χ0n) is 15.3. The van der Waals surface area contributed by atoms with Crippen molar-refractivity contribution in [1.29, 1.82) is 0 Å². The first kappa shape index (κ1) is 19.1. The van der Waals surface area contributed by atoms with Crippen LogP contribution in [0, 0.1) is 6.92 Å². The van der Waals surface area contributed by atoms with Crippen LogP contribution in [0.1, 0.15) is 37.8 Å². The topological polar surface area (TPSA) is 64.6 Å². The Kier molecular flexibility index (Phi) is 5.95. The van der Waals surface area contributed by atoms with Gasteiger partial charge in [0.25, 0.3) is 10.0 Å². The van der Waals surface area contributed by atoms with Crippen LogP contribution >= 0.6 is 0 Å². The van der Waals surface area contributed by atoms with E-state index in [1.165, 1.54) is 0 Å². The molecule has 0 atom stereocenters. The number of aryl methyl sites for hydroxylation is 1. The van der Waals surface area contributed by atoms with E-state index in [1.807, 2.05) is 20.8 Å². The molecule has 0 aromatic heterocycles. The molecule has 0 amide bonds. The smallest absolute Gasteiger partial charge is 0.262 e. The van der Waals surface area contributed by atoms with E-state index in [0.717, 1.165) is 5.56 Å². The Morgan fingerprint density at radius 2 is 1.88 bits per heavy atom. The fraction of sp³-hybridized carbons (Fsp3) is 0.368. The molecular weight excluding hydrogens is 338 g/mol. The summed E-state index contributed by atoms with van der Waals surface area (Å²) in [5, 5.41) is 0. The first-order valence-electron chi connectivity index (χ1n) is 8.22. The molecule has 0 spiro atoms. The molecule has 2 aromatic carbocycles. The molecule has 0 heterocycles. The van der Waals surface area contributed by atoms with Gasteiger partial charge in [0, 0.05) is 6.07 Å². The summed E-state index contributed by atoms with van der Waals surface area (Å²) < 4.78 is 39.2. The lowest BCUT2D eigenvalue weighted by molar-refractivity contribution is 0.340. The molecule has 0 aliphatic heterocycles. The number of sulfonamides is 1. The Hall–Kier alpha value is -2.21. The van der Waals surface area contributed by atoms with Crippen molar-refractivity contribution < 1.29 is 17.9 Å². The first-order chi connectivity index (χ1) is 11.8. The summed E-state index contributed by atoms with van der Waals surface area (Å²) in [5.41, 5.74) is 1.96. The van der Waals surface area contributed by atoms with Crippen LogP contribution in [0.2, 0.25) is 0 Å². The summed E-state index contributed by atoms with van der Waals surface area (Å²) >= 11 is 0. The van der Waals surface area contributed by atoms with Gasteiger partial charge in [-0.15, -0.1) is 0 Å². The molecule has 0 saturated carbocycles. The third-order valence-corrected chi connectivity index (χ3v) is 5.36. The zero-order chi connectivity index (χ0) is 18.6. The van der Waals surface area contributed by atoms with Gasteiger partial charge >= 0.3 is 0 Å². The van der Waals surface area contributed by atoms with Gasteiger partial charge in [0.05, 0.1) is 24.3 Å². The Balaban J connectivity index is 2.42. The van der Waals surface area contributed by atoms with Gasteiger partial charge in [-0.05, 0) is 55.2 Å². The highest BCUT2D eigenvalue weighted by atomic mass is 32.2.